The van der Waals surface area contributed by atoms with Crippen LogP contribution in [0.5, 0.6) is 0 Å². The van der Waals surface area contributed by atoms with Crippen molar-refractivity contribution >= 4 is 17.6 Å². The molecular formula is C24H25N3O6. The highest BCUT2D eigenvalue weighted by atomic mass is 16.6. The summed E-state index contributed by atoms with van der Waals surface area (Å²) in [4.78, 5) is 39.2. The van der Waals surface area contributed by atoms with Gasteiger partial charge in [0.15, 0.2) is 0 Å². The number of non-ortho nitro benzene ring substituents is 1. The predicted octanol–water partition coefficient (Wildman–Crippen LogP) is 2.73. The maximum atomic E-state index is 12.8. The largest absolute Gasteiger partial charge is 0.457 e. The molecule has 1 amide bonds. The van der Waals surface area contributed by atoms with E-state index in [0.29, 0.717) is 29.8 Å². The van der Waals surface area contributed by atoms with E-state index in [1.54, 1.807) is 18.2 Å². The number of hydrogen-bond acceptors (Lipinski definition) is 7. The number of rotatable bonds is 5. The van der Waals surface area contributed by atoms with Crippen LogP contribution in [0, 0.1) is 17.0 Å². The highest BCUT2D eigenvalue weighted by Crippen LogP contribution is 2.32. The zero-order valence-corrected chi connectivity index (χ0v) is 18.3. The molecule has 0 unspecified atom stereocenters. The van der Waals surface area contributed by atoms with E-state index in [4.69, 9.17) is 4.74 Å². The van der Waals surface area contributed by atoms with E-state index < -0.39 is 11.0 Å². The Bertz CT molecular complexity index is 1160. The number of benzene rings is 2. The van der Waals surface area contributed by atoms with E-state index in [1.165, 1.54) is 12.1 Å². The number of carbonyl (C=O) groups excluding carboxylic acids is 2. The van der Waals surface area contributed by atoms with E-state index in [9.17, 15) is 24.8 Å². The molecule has 3 heterocycles. The van der Waals surface area contributed by atoms with Gasteiger partial charge in [0, 0.05) is 55.5 Å². The topological polar surface area (TPSA) is 113 Å². The lowest BCUT2D eigenvalue weighted by Crippen LogP contribution is -2.45. The number of hydrogen-bond donors (Lipinski definition) is 1. The Kier molecular flexibility index (Phi) is 5.38. The van der Waals surface area contributed by atoms with Crippen molar-refractivity contribution in [2.75, 3.05) is 19.6 Å². The van der Waals surface area contributed by atoms with Crippen LogP contribution in [0.3, 0.4) is 0 Å². The molecule has 0 aromatic heterocycles. The second-order valence-corrected chi connectivity index (χ2v) is 8.96. The minimum absolute atomic E-state index is 0.00461. The van der Waals surface area contributed by atoms with Crippen molar-refractivity contribution < 1.29 is 24.4 Å². The molecule has 9 nitrogen and oxygen atoms in total. The molecule has 2 aromatic rings. The van der Waals surface area contributed by atoms with E-state index in [2.05, 4.69) is 4.90 Å². The summed E-state index contributed by atoms with van der Waals surface area (Å²) in [5.74, 6) is -0.381. The number of likely N-dealkylation sites (tertiary alicyclic amines) is 1. The average Bonchev–Trinajstić information content (AvgIpc) is 3.34. The van der Waals surface area contributed by atoms with Gasteiger partial charge in [-0.2, -0.15) is 0 Å². The number of aliphatic hydroxyl groups is 1. The van der Waals surface area contributed by atoms with E-state index in [1.807, 2.05) is 11.8 Å². The van der Waals surface area contributed by atoms with Gasteiger partial charge in [-0.1, -0.05) is 6.07 Å². The maximum Gasteiger partial charge on any atom is 0.338 e. The third-order valence-corrected chi connectivity index (χ3v) is 7.13. The van der Waals surface area contributed by atoms with Gasteiger partial charge in [0.1, 0.15) is 6.61 Å². The van der Waals surface area contributed by atoms with Gasteiger partial charge in [0.05, 0.1) is 16.6 Å². The first kappa shape index (κ1) is 21.5. The first-order valence-corrected chi connectivity index (χ1v) is 11.1. The average molecular weight is 451 g/mol. The summed E-state index contributed by atoms with van der Waals surface area (Å²) < 4.78 is 5.10. The first-order valence-electron chi connectivity index (χ1n) is 11.1. The Hall–Kier alpha value is -3.30. The van der Waals surface area contributed by atoms with Crippen LogP contribution in [-0.2, 0) is 17.9 Å². The SMILES string of the molecule is Cc1c([C@@H](O)CN2CCC(N3Cc4cc([N+](=O)[O-])ccc4C3=O)CC2)ccc2c1COC2=O. The number of piperidine rings is 1. The molecule has 172 valence electrons. The zero-order valence-electron chi connectivity index (χ0n) is 18.3. The molecule has 33 heavy (non-hydrogen) atoms. The maximum absolute atomic E-state index is 12.8. The minimum Gasteiger partial charge on any atom is -0.457 e. The van der Waals surface area contributed by atoms with Crippen molar-refractivity contribution in [2.45, 2.75) is 45.1 Å². The summed E-state index contributed by atoms with van der Waals surface area (Å²) >= 11 is 0. The fourth-order valence-electron chi connectivity index (χ4n) is 5.22. The normalized spacial score (nSPS) is 19.4. The zero-order chi connectivity index (χ0) is 23.3. The molecule has 0 aliphatic carbocycles. The van der Waals surface area contributed by atoms with Gasteiger partial charge in [0.2, 0.25) is 0 Å². The number of amides is 1. The van der Waals surface area contributed by atoms with Crippen LogP contribution < -0.4 is 0 Å². The molecule has 0 saturated carbocycles. The predicted molar refractivity (Wildman–Crippen MR) is 118 cm³/mol. The lowest BCUT2D eigenvalue weighted by atomic mass is 9.94. The number of ether oxygens (including phenoxy) is 1. The quantitative estimate of drug-likeness (QED) is 0.422. The molecule has 5 rings (SSSR count). The molecule has 3 aliphatic heterocycles. The summed E-state index contributed by atoms with van der Waals surface area (Å²) in [6.07, 6.45) is 0.876. The lowest BCUT2D eigenvalue weighted by Gasteiger charge is -2.37. The molecule has 1 atom stereocenters. The van der Waals surface area contributed by atoms with Crippen LogP contribution in [0.25, 0.3) is 0 Å². The lowest BCUT2D eigenvalue weighted by molar-refractivity contribution is -0.384. The molecule has 2 aromatic carbocycles. The summed E-state index contributed by atoms with van der Waals surface area (Å²) in [5.41, 5.74) is 4.39. The Balaban J connectivity index is 1.20. The minimum atomic E-state index is -0.680. The van der Waals surface area contributed by atoms with Crippen molar-refractivity contribution in [3.63, 3.8) is 0 Å². The van der Waals surface area contributed by atoms with Gasteiger partial charge < -0.3 is 19.6 Å². The van der Waals surface area contributed by atoms with Gasteiger partial charge in [-0.05, 0) is 48.6 Å². The number of esters is 1. The van der Waals surface area contributed by atoms with E-state index in [-0.39, 0.29) is 30.2 Å². The van der Waals surface area contributed by atoms with Crippen LogP contribution >= 0.6 is 0 Å². The molecule has 1 fully saturated rings. The van der Waals surface area contributed by atoms with Gasteiger partial charge in [0.25, 0.3) is 11.6 Å². The third-order valence-electron chi connectivity index (χ3n) is 7.13. The smallest absolute Gasteiger partial charge is 0.338 e. The summed E-state index contributed by atoms with van der Waals surface area (Å²) in [5, 5.41) is 21.9. The highest BCUT2D eigenvalue weighted by molar-refractivity contribution is 5.99. The monoisotopic (exact) mass is 451 g/mol. The molecule has 0 bridgehead atoms. The van der Waals surface area contributed by atoms with Crippen LogP contribution in [0.2, 0.25) is 0 Å². The van der Waals surface area contributed by atoms with E-state index in [0.717, 1.165) is 42.6 Å². The van der Waals surface area contributed by atoms with Gasteiger partial charge in [-0.25, -0.2) is 4.79 Å². The molecule has 1 N–H and O–H groups in total. The Morgan fingerprint density at radius 3 is 2.64 bits per heavy atom. The van der Waals surface area contributed by atoms with Crippen molar-refractivity contribution in [1.29, 1.82) is 0 Å². The number of cyclic esters (lactones) is 1. The Morgan fingerprint density at radius 2 is 1.91 bits per heavy atom. The van der Waals surface area contributed by atoms with Gasteiger partial charge in [-0.15, -0.1) is 0 Å². The van der Waals surface area contributed by atoms with Crippen molar-refractivity contribution in [3.8, 4) is 0 Å². The fraction of sp³-hybridized carbons (Fsp3) is 0.417. The fourth-order valence-corrected chi connectivity index (χ4v) is 5.22. The summed E-state index contributed by atoms with van der Waals surface area (Å²) in [6, 6.07) is 8.03. The molecule has 0 radical (unpaired) electrons. The van der Waals surface area contributed by atoms with E-state index >= 15 is 0 Å². The standard InChI is InChI=1S/C24H25N3O6/c1-14-18(4-5-20-21(14)13-33-24(20)30)22(28)12-25-8-6-16(7-9-25)26-11-15-10-17(27(31)32)2-3-19(15)23(26)29/h2-5,10,16,22,28H,6-9,11-13H2,1H3/t22-/m0/s1. The van der Waals surface area contributed by atoms with Crippen molar-refractivity contribution in [1.82, 2.24) is 9.80 Å². The van der Waals surface area contributed by atoms with Crippen molar-refractivity contribution in [3.05, 3.63) is 73.8 Å². The molecule has 1 saturated heterocycles. The van der Waals surface area contributed by atoms with Crippen LogP contribution in [0.15, 0.2) is 30.3 Å². The molecule has 0 spiro atoms. The van der Waals surface area contributed by atoms with Crippen LogP contribution in [0.1, 0.15) is 61.9 Å². The number of nitro groups is 1. The molecule has 3 aliphatic rings. The molecular weight excluding hydrogens is 426 g/mol. The summed E-state index contributed by atoms with van der Waals surface area (Å²) in [7, 11) is 0. The Labute approximate surface area is 190 Å². The number of nitrogens with zero attached hydrogens (tertiary/aromatic N) is 3. The van der Waals surface area contributed by atoms with Gasteiger partial charge >= 0.3 is 5.97 Å². The van der Waals surface area contributed by atoms with Gasteiger partial charge in [-0.3, -0.25) is 14.9 Å². The number of fused-ring (bicyclic) bond motifs is 2. The van der Waals surface area contributed by atoms with Crippen LogP contribution in [0.4, 0.5) is 5.69 Å². The third kappa shape index (κ3) is 3.77. The second kappa shape index (κ2) is 8.24. The number of nitro benzene ring substituents is 1. The Morgan fingerprint density at radius 1 is 1.18 bits per heavy atom. The molecule has 9 heteroatoms. The highest BCUT2D eigenvalue weighted by Gasteiger charge is 2.36. The number of aliphatic hydroxyl groups excluding tert-OH is 1. The number of carbonyl (C=O) groups is 2. The van der Waals surface area contributed by atoms with Crippen LogP contribution in [-0.4, -0.2) is 57.4 Å². The summed E-state index contributed by atoms with van der Waals surface area (Å²) in [6.45, 7) is 4.52. The van der Waals surface area contributed by atoms with Crippen molar-refractivity contribution in [2.24, 2.45) is 0 Å². The first-order chi connectivity index (χ1) is 15.8. The number of β-amino-alcohol motifs (C(OH)–C–C–N with tert-alkyl or cyclic N) is 1. The second-order valence-electron chi connectivity index (χ2n) is 8.96.